The van der Waals surface area contributed by atoms with Crippen molar-refractivity contribution in [1.82, 2.24) is 5.32 Å². The topological polar surface area (TPSA) is 92.7 Å². The minimum Gasteiger partial charge on any atom is -0.481 e. The molecule has 6 nitrogen and oxygen atoms in total. The van der Waals surface area contributed by atoms with Gasteiger partial charge in [0.1, 0.15) is 6.10 Å². The van der Waals surface area contributed by atoms with Crippen molar-refractivity contribution in [2.24, 2.45) is 5.92 Å². The van der Waals surface area contributed by atoms with Gasteiger partial charge in [0.25, 0.3) is 0 Å². The van der Waals surface area contributed by atoms with Gasteiger partial charge in [0, 0.05) is 18.9 Å². The highest BCUT2D eigenvalue weighted by Gasteiger charge is 2.24. The number of carbonyl (C=O) groups is 3. The van der Waals surface area contributed by atoms with E-state index in [0.29, 0.717) is 19.4 Å². The van der Waals surface area contributed by atoms with Gasteiger partial charge in [-0.15, -0.1) is 0 Å². The van der Waals surface area contributed by atoms with E-state index in [9.17, 15) is 14.4 Å². The van der Waals surface area contributed by atoms with Crippen molar-refractivity contribution in [3.05, 3.63) is 0 Å². The molecule has 0 aliphatic rings. The quantitative estimate of drug-likeness (QED) is 0.540. The Balaban J connectivity index is 4.48. The second kappa shape index (κ2) is 12.0. The van der Waals surface area contributed by atoms with Gasteiger partial charge in [-0.25, -0.2) is 0 Å². The number of carboxylic acids is 1. The molecule has 2 atom stereocenters. The number of aliphatic carboxylic acids is 1. The molecule has 0 aliphatic heterocycles. The van der Waals surface area contributed by atoms with E-state index >= 15 is 0 Å². The van der Waals surface area contributed by atoms with Crippen LogP contribution in [0.3, 0.4) is 0 Å². The van der Waals surface area contributed by atoms with Crippen molar-refractivity contribution in [2.75, 3.05) is 6.54 Å². The number of esters is 1. The lowest BCUT2D eigenvalue weighted by Crippen LogP contribution is -2.37. The van der Waals surface area contributed by atoms with Crippen LogP contribution >= 0.6 is 0 Å². The van der Waals surface area contributed by atoms with Crippen LogP contribution in [-0.2, 0) is 19.1 Å². The number of carboxylic acid groups (broad SMARTS) is 1. The average Bonchev–Trinajstić information content (AvgIpc) is 2.46. The Kier molecular flexibility index (Phi) is 11.1. The predicted molar refractivity (Wildman–Crippen MR) is 83.4 cm³/mol. The van der Waals surface area contributed by atoms with Gasteiger partial charge < -0.3 is 15.2 Å². The third-order valence-electron chi connectivity index (χ3n) is 3.49. The van der Waals surface area contributed by atoms with Crippen LogP contribution in [0.4, 0.5) is 0 Å². The van der Waals surface area contributed by atoms with Gasteiger partial charge in [-0.05, 0) is 19.3 Å². The van der Waals surface area contributed by atoms with Crippen molar-refractivity contribution in [1.29, 1.82) is 0 Å². The molecule has 0 spiro atoms. The minimum atomic E-state index is -1.01. The highest BCUT2D eigenvalue weighted by molar-refractivity contribution is 5.77. The Bertz CT molecular complexity index is 356. The maximum absolute atomic E-state index is 11.7. The first-order chi connectivity index (χ1) is 10.4. The molecule has 2 N–H and O–H groups in total. The molecule has 0 aromatic heterocycles. The Morgan fingerprint density at radius 3 is 2.23 bits per heavy atom. The molecule has 0 aromatic rings. The standard InChI is InChI=1S/C16H29NO5/c1-4-7-13(22-16(21)10-9-15(19)20)12(6-3)11-17-14(18)8-5-2/h12-13H,4-11H2,1-3H3,(H,17,18)(H,19,20). The fourth-order valence-electron chi connectivity index (χ4n) is 2.21. The summed E-state index contributed by atoms with van der Waals surface area (Å²) in [5, 5.41) is 11.5. The molecule has 0 aromatic carbocycles. The third-order valence-corrected chi connectivity index (χ3v) is 3.49. The summed E-state index contributed by atoms with van der Waals surface area (Å²) in [6.45, 7) is 6.41. The lowest BCUT2D eigenvalue weighted by Gasteiger charge is -2.26. The molecule has 0 radical (unpaired) electrons. The monoisotopic (exact) mass is 315 g/mol. The van der Waals surface area contributed by atoms with E-state index in [2.05, 4.69) is 5.32 Å². The SMILES string of the molecule is CCCC(=O)NCC(CC)C(CCC)OC(=O)CCC(=O)O. The largest absolute Gasteiger partial charge is 0.481 e. The van der Waals surface area contributed by atoms with E-state index in [-0.39, 0.29) is 30.8 Å². The van der Waals surface area contributed by atoms with Gasteiger partial charge >= 0.3 is 11.9 Å². The van der Waals surface area contributed by atoms with Gasteiger partial charge in [0.15, 0.2) is 0 Å². The number of hydrogen-bond acceptors (Lipinski definition) is 4. The first-order valence-corrected chi connectivity index (χ1v) is 8.12. The first kappa shape index (κ1) is 20.4. The summed E-state index contributed by atoms with van der Waals surface area (Å²) in [6.07, 6.45) is 3.02. The van der Waals surface area contributed by atoms with Gasteiger partial charge in [0.05, 0.1) is 12.8 Å². The Morgan fingerprint density at radius 1 is 1.05 bits per heavy atom. The molecule has 22 heavy (non-hydrogen) atoms. The summed E-state index contributed by atoms with van der Waals surface area (Å²) >= 11 is 0. The molecule has 0 saturated carbocycles. The number of ether oxygens (including phenoxy) is 1. The predicted octanol–water partition coefficient (Wildman–Crippen LogP) is 2.51. The van der Waals surface area contributed by atoms with E-state index < -0.39 is 11.9 Å². The average molecular weight is 315 g/mol. The maximum atomic E-state index is 11.7. The van der Waals surface area contributed by atoms with E-state index in [0.717, 1.165) is 19.3 Å². The van der Waals surface area contributed by atoms with E-state index in [1.807, 2.05) is 20.8 Å². The Morgan fingerprint density at radius 2 is 1.73 bits per heavy atom. The molecule has 0 saturated heterocycles. The molecule has 0 rings (SSSR count). The van der Waals surface area contributed by atoms with Crippen LogP contribution in [0.2, 0.25) is 0 Å². The number of hydrogen-bond donors (Lipinski definition) is 2. The number of amides is 1. The molecule has 0 bridgehead atoms. The van der Waals surface area contributed by atoms with Crippen LogP contribution in [-0.4, -0.2) is 35.6 Å². The number of carbonyl (C=O) groups excluding carboxylic acids is 2. The lowest BCUT2D eigenvalue weighted by molar-refractivity contribution is -0.154. The van der Waals surface area contributed by atoms with Crippen LogP contribution < -0.4 is 5.32 Å². The normalized spacial score (nSPS) is 13.2. The fraction of sp³-hybridized carbons (Fsp3) is 0.812. The smallest absolute Gasteiger partial charge is 0.306 e. The van der Waals surface area contributed by atoms with Gasteiger partial charge in [-0.1, -0.05) is 27.2 Å². The minimum absolute atomic E-state index is 0.00778. The van der Waals surface area contributed by atoms with Crippen molar-refractivity contribution in [3.8, 4) is 0 Å². The zero-order chi connectivity index (χ0) is 17.0. The maximum Gasteiger partial charge on any atom is 0.306 e. The number of nitrogens with one attached hydrogen (secondary N) is 1. The molecule has 2 unspecified atom stereocenters. The van der Waals surface area contributed by atoms with Crippen LogP contribution in [0, 0.1) is 5.92 Å². The zero-order valence-corrected chi connectivity index (χ0v) is 13.9. The van der Waals surface area contributed by atoms with Crippen molar-refractivity contribution in [2.45, 2.75) is 71.8 Å². The number of rotatable bonds is 12. The van der Waals surface area contributed by atoms with E-state index in [4.69, 9.17) is 9.84 Å². The van der Waals surface area contributed by atoms with Gasteiger partial charge in [-0.3, -0.25) is 14.4 Å². The molecule has 6 heteroatoms. The van der Waals surface area contributed by atoms with Gasteiger partial charge in [-0.2, -0.15) is 0 Å². The van der Waals surface area contributed by atoms with Crippen LogP contribution in [0.15, 0.2) is 0 Å². The zero-order valence-electron chi connectivity index (χ0n) is 13.9. The fourth-order valence-corrected chi connectivity index (χ4v) is 2.21. The highest BCUT2D eigenvalue weighted by Crippen LogP contribution is 2.18. The summed E-state index contributed by atoms with van der Waals surface area (Å²) in [5.41, 5.74) is 0. The summed E-state index contributed by atoms with van der Waals surface area (Å²) in [4.78, 5) is 33.8. The summed E-state index contributed by atoms with van der Waals surface area (Å²) in [7, 11) is 0. The van der Waals surface area contributed by atoms with Crippen molar-refractivity contribution >= 4 is 17.8 Å². The molecule has 0 fully saturated rings. The summed E-state index contributed by atoms with van der Waals surface area (Å²) in [5.74, 6) is -1.44. The molecule has 128 valence electrons. The second-order valence-corrected chi connectivity index (χ2v) is 5.43. The molecule has 0 aliphatic carbocycles. The Labute approximate surface area is 132 Å². The van der Waals surface area contributed by atoms with Crippen molar-refractivity contribution < 1.29 is 24.2 Å². The van der Waals surface area contributed by atoms with Crippen LogP contribution in [0.25, 0.3) is 0 Å². The van der Waals surface area contributed by atoms with Crippen LogP contribution in [0.5, 0.6) is 0 Å². The van der Waals surface area contributed by atoms with Crippen molar-refractivity contribution in [3.63, 3.8) is 0 Å². The highest BCUT2D eigenvalue weighted by atomic mass is 16.5. The molecule has 1 amide bonds. The molecular formula is C16H29NO5. The molecular weight excluding hydrogens is 286 g/mol. The summed E-state index contributed by atoms with van der Waals surface area (Å²) in [6, 6.07) is 0. The van der Waals surface area contributed by atoms with E-state index in [1.165, 1.54) is 0 Å². The third kappa shape index (κ3) is 9.37. The van der Waals surface area contributed by atoms with E-state index in [1.54, 1.807) is 0 Å². The summed E-state index contributed by atoms with van der Waals surface area (Å²) < 4.78 is 5.43. The molecule has 0 heterocycles. The Hall–Kier alpha value is -1.59. The van der Waals surface area contributed by atoms with Gasteiger partial charge in [0.2, 0.25) is 5.91 Å². The second-order valence-electron chi connectivity index (χ2n) is 5.43. The lowest BCUT2D eigenvalue weighted by atomic mass is 9.95. The first-order valence-electron chi connectivity index (χ1n) is 8.12. The van der Waals surface area contributed by atoms with Crippen LogP contribution in [0.1, 0.15) is 65.7 Å².